The monoisotopic (exact) mass is 722 g/mol. The molecule has 268 valence electrons. The van der Waals surface area contributed by atoms with Gasteiger partial charge in [0.25, 0.3) is 0 Å². The van der Waals surface area contributed by atoms with Crippen molar-refractivity contribution in [2.75, 3.05) is 12.3 Å². The largest absolute Gasteiger partial charge is 0.374 e. The van der Waals surface area contributed by atoms with E-state index < -0.39 is 36.8 Å². The molecule has 0 bridgehead atoms. The van der Waals surface area contributed by atoms with E-state index >= 15 is 4.39 Å². The Balaban J connectivity index is 1.30. The summed E-state index contributed by atoms with van der Waals surface area (Å²) in [7, 11) is 0. The van der Waals surface area contributed by atoms with Crippen LogP contribution in [0.25, 0.3) is 11.0 Å². The number of nitrogen functional groups attached to an aromatic ring is 1. The summed E-state index contributed by atoms with van der Waals surface area (Å²) in [6.45, 7) is 0.894. The molecule has 1 aliphatic rings. The first-order chi connectivity index (χ1) is 25.5. The number of hydrogen-bond acceptors (Lipinski definition) is 8. The molecule has 2 aromatic heterocycles. The number of benzene rings is 4. The Bertz CT molecular complexity index is 1990. The van der Waals surface area contributed by atoms with Gasteiger partial charge in [0.1, 0.15) is 35.2 Å². The average Bonchev–Trinajstić information content (AvgIpc) is 3.56. The molecule has 0 saturated carbocycles. The molecule has 0 aliphatic carbocycles. The zero-order valence-corrected chi connectivity index (χ0v) is 29.2. The minimum Gasteiger partial charge on any atom is -0.374 e. The number of nitrogens with two attached hydrogens (primary N) is 1. The first kappa shape index (κ1) is 35.7. The molecule has 0 unspecified atom stereocenters. The number of rotatable bonds is 14. The second kappa shape index (κ2) is 17.2. The van der Waals surface area contributed by atoms with Crippen LogP contribution in [0.3, 0.4) is 0 Å². The lowest BCUT2D eigenvalue weighted by Gasteiger charge is -2.34. The zero-order chi connectivity index (χ0) is 35.7. The van der Waals surface area contributed by atoms with Crippen molar-refractivity contribution < 1.29 is 28.1 Å². The van der Waals surface area contributed by atoms with Gasteiger partial charge < -0.3 is 34.0 Å². The van der Waals surface area contributed by atoms with Crippen molar-refractivity contribution in [2.45, 2.75) is 63.2 Å². The number of anilines is 1. The van der Waals surface area contributed by atoms with Crippen molar-refractivity contribution in [3.63, 3.8) is 0 Å². The summed E-state index contributed by atoms with van der Waals surface area (Å²) >= 11 is 6.47. The molecule has 0 radical (unpaired) electrons. The van der Waals surface area contributed by atoms with Crippen LogP contribution < -0.4 is 5.73 Å². The maximum Gasteiger partial charge on any atom is 0.223 e. The lowest BCUT2D eigenvalue weighted by molar-refractivity contribution is -0.184. The minimum absolute atomic E-state index is 0.0470. The van der Waals surface area contributed by atoms with Crippen LogP contribution in [0.1, 0.15) is 28.5 Å². The van der Waals surface area contributed by atoms with Crippen molar-refractivity contribution >= 4 is 28.6 Å². The number of alkyl halides is 1. The molecule has 1 fully saturated rings. The molecule has 1 saturated heterocycles. The van der Waals surface area contributed by atoms with Gasteiger partial charge in [0.05, 0.1) is 38.4 Å². The van der Waals surface area contributed by atoms with E-state index in [2.05, 4.69) is 9.97 Å². The first-order valence-corrected chi connectivity index (χ1v) is 17.6. The van der Waals surface area contributed by atoms with E-state index in [9.17, 15) is 0 Å². The van der Waals surface area contributed by atoms with Gasteiger partial charge in [-0.15, -0.1) is 0 Å². The van der Waals surface area contributed by atoms with Crippen LogP contribution in [0.4, 0.5) is 10.3 Å². The van der Waals surface area contributed by atoms with Gasteiger partial charge in [-0.2, -0.15) is 4.98 Å². The Morgan fingerprint density at radius 1 is 0.635 bits per heavy atom. The number of nitrogens with zero attached hydrogens (tertiary/aromatic N) is 3. The van der Waals surface area contributed by atoms with Crippen LogP contribution in [0.15, 0.2) is 134 Å². The van der Waals surface area contributed by atoms with Gasteiger partial charge >= 0.3 is 0 Å². The van der Waals surface area contributed by atoms with E-state index in [0.29, 0.717) is 17.6 Å². The summed E-state index contributed by atoms with van der Waals surface area (Å²) in [6, 6.07) is 40.7. The van der Waals surface area contributed by atoms with Crippen molar-refractivity contribution in [1.82, 2.24) is 14.5 Å². The fourth-order valence-electron chi connectivity index (χ4n) is 6.39. The molecular formula is C41H40ClFN4O5. The fraction of sp³-hybridized carbons (Fsp3) is 0.268. The number of aromatic nitrogens is 3. The Morgan fingerprint density at radius 2 is 1.12 bits per heavy atom. The van der Waals surface area contributed by atoms with Crippen LogP contribution >= 0.6 is 11.6 Å². The summed E-state index contributed by atoms with van der Waals surface area (Å²) in [4.78, 5) is 8.53. The maximum atomic E-state index is 17.7. The van der Waals surface area contributed by atoms with E-state index in [1.54, 1.807) is 16.8 Å². The van der Waals surface area contributed by atoms with Gasteiger partial charge in [0.15, 0.2) is 12.4 Å². The second-order valence-electron chi connectivity index (χ2n) is 12.6. The molecule has 2 N–H and O–H groups in total. The highest BCUT2D eigenvalue weighted by atomic mass is 35.5. The van der Waals surface area contributed by atoms with Crippen LogP contribution in [0, 0.1) is 0 Å². The van der Waals surface area contributed by atoms with E-state index in [-0.39, 0.29) is 37.5 Å². The predicted octanol–water partition coefficient (Wildman–Crippen LogP) is 7.88. The van der Waals surface area contributed by atoms with Crippen molar-refractivity contribution in [3.8, 4) is 0 Å². The molecule has 52 heavy (non-hydrogen) atoms. The van der Waals surface area contributed by atoms with E-state index in [1.807, 2.05) is 121 Å². The summed E-state index contributed by atoms with van der Waals surface area (Å²) in [6.07, 6.45) is -5.14. The topological polar surface area (TPSA) is 103 Å². The van der Waals surface area contributed by atoms with Crippen LogP contribution in [0.2, 0.25) is 5.15 Å². The van der Waals surface area contributed by atoms with Crippen molar-refractivity contribution in [2.24, 2.45) is 0 Å². The molecule has 6 atom stereocenters. The van der Waals surface area contributed by atoms with Gasteiger partial charge in [0.2, 0.25) is 5.95 Å². The summed E-state index contributed by atoms with van der Waals surface area (Å²) in [5, 5.41) is 0.654. The van der Waals surface area contributed by atoms with Gasteiger partial charge in [-0.25, -0.2) is 9.37 Å². The Morgan fingerprint density at radius 3 is 1.65 bits per heavy atom. The highest BCUT2D eigenvalue weighted by Gasteiger charge is 2.50. The van der Waals surface area contributed by atoms with Gasteiger partial charge in [-0.3, -0.25) is 0 Å². The van der Waals surface area contributed by atoms with E-state index in [1.165, 1.54) is 0 Å². The number of halogens is 2. The molecule has 4 aromatic carbocycles. The third-order valence-electron chi connectivity index (χ3n) is 8.98. The van der Waals surface area contributed by atoms with E-state index in [0.717, 1.165) is 22.3 Å². The molecule has 7 rings (SSSR count). The number of fused-ring (bicyclic) bond motifs is 1. The average molecular weight is 723 g/mol. The Labute approximate surface area is 307 Å². The molecule has 11 heteroatoms. The maximum absolute atomic E-state index is 17.7. The molecule has 3 heterocycles. The minimum atomic E-state index is -1.78. The van der Waals surface area contributed by atoms with E-state index in [4.69, 9.17) is 41.0 Å². The summed E-state index contributed by atoms with van der Waals surface area (Å²) < 4.78 is 52.4. The lowest BCUT2D eigenvalue weighted by Crippen LogP contribution is -2.50. The molecule has 9 nitrogen and oxygen atoms in total. The summed E-state index contributed by atoms with van der Waals surface area (Å²) in [5.41, 5.74) is 10.1. The second-order valence-corrected chi connectivity index (χ2v) is 13.0. The SMILES string of the molecule is Nc1nc(Cl)c2ccn([C@@H]3O[C@H](COCc4ccccc4)[C@@H](OCc4ccccc4)[C@H](OCc4ccccc4)[C@@H](OCc4ccccc4)[C@@H]3F)c2n1. The molecule has 1 aliphatic heterocycles. The Hall–Kier alpha value is -4.68. The summed E-state index contributed by atoms with van der Waals surface area (Å²) in [5.74, 6) is -0.0470. The normalized spacial score (nSPS) is 22.0. The van der Waals surface area contributed by atoms with Crippen molar-refractivity contribution in [1.29, 1.82) is 0 Å². The van der Waals surface area contributed by atoms with Gasteiger partial charge in [-0.05, 0) is 28.3 Å². The smallest absolute Gasteiger partial charge is 0.223 e. The molecule has 6 aromatic rings. The Kier molecular flexibility index (Phi) is 11.8. The quantitative estimate of drug-likeness (QED) is 0.113. The third kappa shape index (κ3) is 8.67. The molecular weight excluding hydrogens is 683 g/mol. The molecule has 0 amide bonds. The number of ether oxygens (including phenoxy) is 5. The number of hydrogen-bond donors (Lipinski definition) is 1. The first-order valence-electron chi connectivity index (χ1n) is 17.2. The predicted molar refractivity (Wildman–Crippen MR) is 197 cm³/mol. The van der Waals surface area contributed by atoms with Gasteiger partial charge in [0, 0.05) is 6.20 Å². The molecule has 0 spiro atoms. The lowest BCUT2D eigenvalue weighted by atomic mass is 9.99. The standard InChI is InChI=1S/C41H40ClFN4O5/c42-38-32-21-22-47(39(32)46-41(44)45-38)40-34(43)36(50-25-30-17-9-3-10-18-30)37(51-26-31-19-11-4-12-20-31)35(49-24-29-15-7-2-8-16-29)33(52-40)27-48-23-28-13-5-1-6-14-28/h1-22,33-37,40H,23-27H2,(H2,44,45,46)/t33-,34+,35-,36+,37+,40-/m1/s1. The van der Waals surface area contributed by atoms with Crippen LogP contribution in [0.5, 0.6) is 0 Å². The fourth-order valence-corrected chi connectivity index (χ4v) is 6.62. The highest BCUT2D eigenvalue weighted by Crippen LogP contribution is 2.38. The zero-order valence-electron chi connectivity index (χ0n) is 28.4. The van der Waals surface area contributed by atoms with Gasteiger partial charge in [-0.1, -0.05) is 133 Å². The van der Waals surface area contributed by atoms with Crippen LogP contribution in [-0.2, 0) is 50.1 Å². The van der Waals surface area contributed by atoms with Crippen molar-refractivity contribution in [3.05, 3.63) is 161 Å². The third-order valence-corrected chi connectivity index (χ3v) is 9.27. The highest BCUT2D eigenvalue weighted by molar-refractivity contribution is 6.34. The van der Waals surface area contributed by atoms with Crippen LogP contribution in [-0.4, -0.2) is 51.7 Å².